The molecule has 3 aromatic carbocycles. The molecule has 1 saturated heterocycles. The largest absolute Gasteiger partial charge is 0.454 e. The number of halogens is 3. The van der Waals surface area contributed by atoms with E-state index >= 15 is 0 Å². The number of aromatic nitrogens is 2. The standard InChI is InChI=1S/C29H22BrCl2N3O8/c1-41-25-14(9-36)42-29(26(24(25)38)43-15(37)8-30)35-22-11(5-3-7-13(22)32)17-19-18(27(39)34-28(19)40)16-10-4-2-6-12(31)20(10)33-21(16)23(17)35/h2-7,14,24-26,29,33,36,38H,8-9H2,1H3,(H,34,39,40)/t14-,24+,25-,26-,29?/m1/s1. The van der Waals surface area contributed by atoms with Crippen molar-refractivity contribution >= 4 is 101 Å². The van der Waals surface area contributed by atoms with E-state index in [0.717, 1.165) is 0 Å². The molecule has 0 saturated carbocycles. The molecular formula is C29H22BrCl2N3O8. The van der Waals surface area contributed by atoms with Crippen molar-refractivity contribution in [2.75, 3.05) is 19.0 Å². The van der Waals surface area contributed by atoms with E-state index in [4.69, 9.17) is 37.4 Å². The van der Waals surface area contributed by atoms with Crippen LogP contribution >= 0.6 is 39.1 Å². The lowest BCUT2D eigenvalue weighted by Crippen LogP contribution is -2.58. The van der Waals surface area contributed by atoms with E-state index in [1.165, 1.54) is 7.11 Å². The number of fused-ring (bicyclic) bond motifs is 10. The van der Waals surface area contributed by atoms with Crippen LogP contribution in [0.4, 0.5) is 0 Å². The molecule has 5 atom stereocenters. The predicted octanol–water partition coefficient (Wildman–Crippen LogP) is 4.19. The second kappa shape index (κ2) is 10.4. The van der Waals surface area contributed by atoms with Crippen molar-refractivity contribution in [2.24, 2.45) is 0 Å². The molecule has 1 unspecified atom stereocenters. The Labute approximate surface area is 260 Å². The van der Waals surface area contributed by atoms with Crippen LogP contribution in [0.1, 0.15) is 26.9 Å². The molecule has 222 valence electrons. The van der Waals surface area contributed by atoms with Crippen molar-refractivity contribution in [3.05, 3.63) is 57.6 Å². The predicted molar refractivity (Wildman–Crippen MR) is 162 cm³/mol. The van der Waals surface area contributed by atoms with Crippen molar-refractivity contribution in [1.82, 2.24) is 14.9 Å². The summed E-state index contributed by atoms with van der Waals surface area (Å²) in [6.07, 6.45) is -6.14. The van der Waals surface area contributed by atoms with Gasteiger partial charge in [0.15, 0.2) is 12.3 Å². The smallest absolute Gasteiger partial charge is 0.317 e. The van der Waals surface area contributed by atoms with Crippen molar-refractivity contribution in [3.63, 3.8) is 0 Å². The first kappa shape index (κ1) is 28.5. The lowest BCUT2D eigenvalue weighted by molar-refractivity contribution is -0.261. The number of hydrogen-bond acceptors (Lipinski definition) is 8. The Hall–Kier alpha value is -3.23. The Balaban J connectivity index is 1.68. The Morgan fingerprint density at radius 3 is 2.35 bits per heavy atom. The van der Waals surface area contributed by atoms with Crippen LogP contribution in [0.25, 0.3) is 43.6 Å². The molecular weight excluding hydrogens is 669 g/mol. The molecule has 2 aromatic heterocycles. The number of hydrogen-bond donors (Lipinski definition) is 4. The molecule has 14 heteroatoms. The number of aromatic amines is 1. The summed E-state index contributed by atoms with van der Waals surface area (Å²) in [5.74, 6) is -1.84. The fourth-order valence-corrected chi connectivity index (χ4v) is 7.11. The first-order valence-electron chi connectivity index (χ1n) is 13.2. The first-order valence-corrected chi connectivity index (χ1v) is 15.1. The van der Waals surface area contributed by atoms with E-state index in [1.54, 1.807) is 41.0 Å². The van der Waals surface area contributed by atoms with Crippen LogP contribution in [0, 0.1) is 0 Å². The number of esters is 1. The van der Waals surface area contributed by atoms with Gasteiger partial charge in [-0.15, -0.1) is 0 Å². The molecule has 2 aliphatic heterocycles. The highest BCUT2D eigenvalue weighted by Gasteiger charge is 2.50. The maximum atomic E-state index is 13.4. The molecule has 43 heavy (non-hydrogen) atoms. The van der Waals surface area contributed by atoms with Gasteiger partial charge in [-0.25, -0.2) is 0 Å². The van der Waals surface area contributed by atoms with Crippen LogP contribution in [0.15, 0.2) is 36.4 Å². The van der Waals surface area contributed by atoms with E-state index in [1.807, 2.05) is 0 Å². The molecule has 2 amide bonds. The van der Waals surface area contributed by atoms with E-state index in [2.05, 4.69) is 26.2 Å². The zero-order valence-electron chi connectivity index (χ0n) is 22.2. The Kier molecular flexibility index (Phi) is 6.93. The molecule has 0 bridgehead atoms. The summed E-state index contributed by atoms with van der Waals surface area (Å²) in [5.41, 5.74) is 2.06. The fraction of sp³-hybridized carbons (Fsp3) is 0.276. The number of methoxy groups -OCH3 is 1. The number of aliphatic hydroxyl groups excluding tert-OH is 2. The van der Waals surface area contributed by atoms with Crippen molar-refractivity contribution < 1.29 is 38.8 Å². The summed E-state index contributed by atoms with van der Waals surface area (Å²) in [4.78, 5) is 42.7. The van der Waals surface area contributed by atoms with Crippen LogP contribution in [-0.2, 0) is 19.0 Å². The number of alkyl halides is 1. The average Bonchev–Trinajstić information content (AvgIpc) is 3.64. The molecule has 11 nitrogen and oxygen atoms in total. The minimum Gasteiger partial charge on any atom is -0.454 e. The topological polar surface area (TPSA) is 152 Å². The molecule has 0 radical (unpaired) electrons. The van der Waals surface area contributed by atoms with Gasteiger partial charge in [0.1, 0.15) is 23.6 Å². The summed E-state index contributed by atoms with van der Waals surface area (Å²) in [5, 5.41) is 26.5. The van der Waals surface area contributed by atoms with Gasteiger partial charge in [0.25, 0.3) is 11.8 Å². The summed E-state index contributed by atoms with van der Waals surface area (Å²) >= 11 is 16.5. The first-order chi connectivity index (χ1) is 20.7. The number of imide groups is 1. The van der Waals surface area contributed by atoms with Gasteiger partial charge >= 0.3 is 5.97 Å². The second-order valence-corrected chi connectivity index (χ2v) is 11.7. The van der Waals surface area contributed by atoms with Crippen LogP contribution < -0.4 is 5.32 Å². The number of H-pyrrole nitrogens is 1. The maximum absolute atomic E-state index is 13.4. The number of rotatable bonds is 5. The molecule has 2 aliphatic rings. The highest BCUT2D eigenvalue weighted by atomic mass is 79.9. The van der Waals surface area contributed by atoms with Gasteiger partial charge in [0, 0.05) is 28.7 Å². The molecule has 7 rings (SSSR count). The zero-order valence-corrected chi connectivity index (χ0v) is 25.3. The van der Waals surface area contributed by atoms with Crippen LogP contribution in [0.3, 0.4) is 0 Å². The average molecular weight is 691 g/mol. The van der Waals surface area contributed by atoms with Gasteiger partial charge in [-0.05, 0) is 12.1 Å². The lowest BCUT2D eigenvalue weighted by Gasteiger charge is -2.43. The molecule has 0 spiro atoms. The number of carbonyl (C=O) groups excluding carboxylic acids is 3. The van der Waals surface area contributed by atoms with Gasteiger partial charge in [0.05, 0.1) is 49.8 Å². The minimum absolute atomic E-state index is 0.137. The van der Waals surface area contributed by atoms with Crippen molar-refractivity contribution in [2.45, 2.75) is 30.6 Å². The fourth-order valence-electron chi connectivity index (χ4n) is 6.49. The Morgan fingerprint density at radius 2 is 1.67 bits per heavy atom. The van der Waals surface area contributed by atoms with Gasteiger partial charge < -0.3 is 34.0 Å². The molecule has 1 fully saturated rings. The third-order valence-electron chi connectivity index (χ3n) is 8.14. The van der Waals surface area contributed by atoms with Crippen LogP contribution in [0.5, 0.6) is 0 Å². The van der Waals surface area contributed by atoms with Gasteiger partial charge in [-0.1, -0.05) is 63.4 Å². The summed E-state index contributed by atoms with van der Waals surface area (Å²) in [7, 11) is 1.34. The Morgan fingerprint density at radius 1 is 1.00 bits per heavy atom. The Bertz CT molecular complexity index is 2020. The van der Waals surface area contributed by atoms with E-state index in [-0.39, 0.29) is 21.5 Å². The zero-order chi connectivity index (χ0) is 30.3. The number of nitrogens with one attached hydrogen (secondary N) is 2. The van der Waals surface area contributed by atoms with E-state index in [9.17, 15) is 24.6 Å². The van der Waals surface area contributed by atoms with E-state index < -0.39 is 55.0 Å². The molecule has 4 heterocycles. The third-order valence-corrected chi connectivity index (χ3v) is 9.22. The summed E-state index contributed by atoms with van der Waals surface area (Å²) in [6, 6.07) is 10.3. The number of aliphatic hydroxyl groups is 2. The van der Waals surface area contributed by atoms with Crippen molar-refractivity contribution in [1.29, 1.82) is 0 Å². The molecule has 0 aliphatic carbocycles. The van der Waals surface area contributed by atoms with E-state index in [0.29, 0.717) is 48.6 Å². The van der Waals surface area contributed by atoms with Gasteiger partial charge in [0.2, 0.25) is 0 Å². The number of amides is 2. The van der Waals surface area contributed by atoms with Crippen LogP contribution in [0.2, 0.25) is 10.0 Å². The van der Waals surface area contributed by atoms with Crippen LogP contribution in [-0.4, -0.2) is 81.0 Å². The van der Waals surface area contributed by atoms with Gasteiger partial charge in [-0.2, -0.15) is 0 Å². The van der Waals surface area contributed by atoms with Gasteiger partial charge in [-0.3, -0.25) is 19.7 Å². The monoisotopic (exact) mass is 689 g/mol. The third kappa shape index (κ3) is 3.98. The number of benzene rings is 3. The number of nitrogens with zero attached hydrogens (tertiary/aromatic N) is 1. The second-order valence-electron chi connectivity index (χ2n) is 10.3. The molecule has 5 aromatic rings. The summed E-state index contributed by atoms with van der Waals surface area (Å²) < 4.78 is 19.2. The SMILES string of the molecule is CO[C@H]1[C@H](O)[C@@H](OC(=O)CBr)C(n2c3c(Cl)cccc3c3c4c(c5c6cccc(Cl)c6[nH]c5c32)C(=O)NC4=O)O[C@@H]1CO. The highest BCUT2D eigenvalue weighted by Crippen LogP contribution is 2.48. The lowest BCUT2D eigenvalue weighted by atomic mass is 9.96. The number of ether oxygens (including phenoxy) is 3. The molecule has 4 N–H and O–H groups in total. The number of para-hydroxylation sites is 2. The highest BCUT2D eigenvalue weighted by molar-refractivity contribution is 9.09. The maximum Gasteiger partial charge on any atom is 0.317 e. The van der Waals surface area contributed by atoms with Crippen molar-refractivity contribution in [3.8, 4) is 0 Å². The summed E-state index contributed by atoms with van der Waals surface area (Å²) in [6.45, 7) is -0.528. The number of carbonyl (C=O) groups is 3. The quantitative estimate of drug-likeness (QED) is 0.122. The minimum atomic E-state index is -1.44. The normalized spacial score (nSPS) is 23.9.